The Hall–Kier alpha value is -3.40. The minimum atomic E-state index is -0.562. The number of anilines is 4. The number of nitrogens with one attached hydrogen (secondary N) is 2. The molecule has 0 aliphatic carbocycles. The fourth-order valence-corrected chi connectivity index (χ4v) is 3.36. The maximum atomic E-state index is 11.7. The number of aliphatic hydroxyl groups is 1. The van der Waals surface area contributed by atoms with Crippen molar-refractivity contribution in [2.24, 2.45) is 5.73 Å². The Labute approximate surface area is 168 Å². The van der Waals surface area contributed by atoms with Crippen LogP contribution in [-0.2, 0) is 0 Å². The van der Waals surface area contributed by atoms with Crippen molar-refractivity contribution < 1.29 is 9.90 Å². The molecule has 0 aromatic carbocycles. The molecule has 10 heteroatoms. The third-order valence-corrected chi connectivity index (χ3v) is 4.64. The van der Waals surface area contributed by atoms with E-state index in [9.17, 15) is 4.79 Å². The Balaban J connectivity index is 0.00000117. The van der Waals surface area contributed by atoms with Gasteiger partial charge in [0.25, 0.3) is 5.91 Å². The van der Waals surface area contributed by atoms with Gasteiger partial charge in [-0.2, -0.15) is 9.61 Å². The summed E-state index contributed by atoms with van der Waals surface area (Å²) in [5.74, 6) is 1.69. The van der Waals surface area contributed by atoms with Gasteiger partial charge in [-0.3, -0.25) is 4.79 Å². The van der Waals surface area contributed by atoms with Crippen molar-refractivity contribution in [3.8, 4) is 0 Å². The van der Waals surface area contributed by atoms with E-state index in [2.05, 4.69) is 30.6 Å². The number of aromatic nitrogens is 4. The fraction of sp³-hybridized carbons (Fsp3) is 0.368. The molecule has 1 aliphatic heterocycles. The molecule has 4 heterocycles. The van der Waals surface area contributed by atoms with Crippen molar-refractivity contribution >= 4 is 34.7 Å². The first-order valence-electron chi connectivity index (χ1n) is 9.37. The Kier molecular flexibility index (Phi) is 6.13. The molecule has 0 unspecified atom stereocenters. The van der Waals surface area contributed by atoms with Crippen LogP contribution in [0.5, 0.6) is 0 Å². The summed E-state index contributed by atoms with van der Waals surface area (Å²) in [5, 5.41) is 17.6. The van der Waals surface area contributed by atoms with Gasteiger partial charge in [0.2, 0.25) is 0 Å². The molecule has 0 saturated carbocycles. The van der Waals surface area contributed by atoms with E-state index in [1.54, 1.807) is 11.6 Å². The topological polar surface area (TPSA) is 134 Å². The van der Waals surface area contributed by atoms with Crippen LogP contribution in [0.4, 0.5) is 23.1 Å². The number of aryl methyl sites for hydroxylation is 1. The molecular weight excluding hydrogens is 372 g/mol. The first-order valence-corrected chi connectivity index (χ1v) is 9.37. The summed E-state index contributed by atoms with van der Waals surface area (Å²) in [6.07, 6.45) is 3.82. The lowest BCUT2D eigenvalue weighted by Crippen LogP contribution is -2.19. The number of carbonyl (C=O) groups excluding carboxylic acids is 1. The Bertz CT molecular complexity index is 1010. The number of nitrogens with zero attached hydrogens (tertiary/aromatic N) is 5. The summed E-state index contributed by atoms with van der Waals surface area (Å²) in [6, 6.07) is 5.82. The summed E-state index contributed by atoms with van der Waals surface area (Å²) in [4.78, 5) is 23.1. The molecule has 0 bridgehead atoms. The minimum absolute atomic E-state index is 0.277. The molecule has 1 saturated heterocycles. The third-order valence-electron chi connectivity index (χ3n) is 4.64. The van der Waals surface area contributed by atoms with Crippen molar-refractivity contribution in [3.63, 3.8) is 0 Å². The molecule has 4 rings (SSSR count). The fourth-order valence-electron chi connectivity index (χ4n) is 3.36. The summed E-state index contributed by atoms with van der Waals surface area (Å²) in [6.45, 7) is 4.03. The lowest BCUT2D eigenvalue weighted by Gasteiger charge is -2.18. The summed E-state index contributed by atoms with van der Waals surface area (Å²) in [5.41, 5.74) is 7.94. The van der Waals surface area contributed by atoms with Crippen molar-refractivity contribution in [2.75, 3.05) is 42.8 Å². The van der Waals surface area contributed by atoms with Crippen molar-refractivity contribution in [1.82, 2.24) is 19.6 Å². The van der Waals surface area contributed by atoms with E-state index in [-0.39, 0.29) is 5.56 Å². The Morgan fingerprint density at radius 2 is 1.90 bits per heavy atom. The Morgan fingerprint density at radius 3 is 2.55 bits per heavy atom. The van der Waals surface area contributed by atoms with E-state index in [1.165, 1.54) is 19.0 Å². The smallest absolute Gasteiger partial charge is 0.254 e. The Morgan fingerprint density at radius 1 is 1.17 bits per heavy atom. The number of primary amides is 1. The molecule has 1 aliphatic rings. The quantitative estimate of drug-likeness (QED) is 0.508. The molecule has 0 atom stereocenters. The first kappa shape index (κ1) is 20.3. The van der Waals surface area contributed by atoms with Gasteiger partial charge < -0.3 is 26.4 Å². The van der Waals surface area contributed by atoms with E-state index < -0.39 is 5.91 Å². The molecule has 3 aromatic rings. The monoisotopic (exact) mass is 398 g/mol. The van der Waals surface area contributed by atoms with E-state index in [1.807, 2.05) is 25.1 Å². The van der Waals surface area contributed by atoms with Crippen LogP contribution in [0.1, 0.15) is 28.9 Å². The first-order chi connectivity index (χ1) is 14.0. The average molecular weight is 398 g/mol. The van der Waals surface area contributed by atoms with Crippen LogP contribution in [-0.4, -0.2) is 57.8 Å². The van der Waals surface area contributed by atoms with Crippen LogP contribution >= 0.6 is 0 Å². The van der Waals surface area contributed by atoms with Gasteiger partial charge in [0, 0.05) is 50.8 Å². The normalized spacial score (nSPS) is 13.2. The predicted octanol–water partition coefficient (Wildman–Crippen LogP) is 1.53. The van der Waals surface area contributed by atoms with Crippen molar-refractivity contribution in [3.05, 3.63) is 35.7 Å². The number of pyridine rings is 1. The van der Waals surface area contributed by atoms with E-state index >= 15 is 0 Å². The molecule has 5 N–H and O–H groups in total. The average Bonchev–Trinajstić information content (AvgIpc) is 3.38. The summed E-state index contributed by atoms with van der Waals surface area (Å²) in [7, 11) is 2.78. The van der Waals surface area contributed by atoms with Gasteiger partial charge in [0.1, 0.15) is 23.0 Å². The maximum absolute atomic E-state index is 11.7. The van der Waals surface area contributed by atoms with E-state index in [4.69, 9.17) is 10.8 Å². The number of nitrogens with two attached hydrogens (primary N) is 1. The molecule has 0 radical (unpaired) electrons. The number of rotatable bonds is 5. The van der Waals surface area contributed by atoms with Gasteiger partial charge in [-0.15, -0.1) is 0 Å². The van der Waals surface area contributed by atoms with Crippen LogP contribution < -0.4 is 21.3 Å². The lowest BCUT2D eigenvalue weighted by molar-refractivity contribution is 0.100. The highest BCUT2D eigenvalue weighted by Gasteiger charge is 2.17. The van der Waals surface area contributed by atoms with Crippen LogP contribution in [0.15, 0.2) is 24.4 Å². The largest absolute Gasteiger partial charge is 0.400 e. The summed E-state index contributed by atoms with van der Waals surface area (Å²) < 4.78 is 1.55. The molecule has 1 amide bonds. The van der Waals surface area contributed by atoms with Crippen LogP contribution in [0.3, 0.4) is 0 Å². The zero-order valence-corrected chi connectivity index (χ0v) is 16.8. The van der Waals surface area contributed by atoms with Gasteiger partial charge in [-0.25, -0.2) is 9.97 Å². The zero-order chi connectivity index (χ0) is 21.0. The van der Waals surface area contributed by atoms with Gasteiger partial charge in [-0.05, 0) is 25.8 Å². The van der Waals surface area contributed by atoms with E-state index in [0.717, 1.165) is 37.4 Å². The van der Waals surface area contributed by atoms with Gasteiger partial charge in [-0.1, -0.05) is 0 Å². The minimum Gasteiger partial charge on any atom is -0.400 e. The van der Waals surface area contributed by atoms with Crippen LogP contribution in [0, 0.1) is 6.92 Å². The molecular formula is C19H26N8O2. The SMILES string of the molecule is CNc1cc(Nc2cc(C)nc(N3CCCC3)c2)nc2c(C(N)=O)cnn12.CO. The second-order valence-electron chi connectivity index (χ2n) is 6.61. The highest BCUT2D eigenvalue weighted by Crippen LogP contribution is 2.26. The lowest BCUT2D eigenvalue weighted by atomic mass is 10.3. The molecule has 0 spiro atoms. The number of aliphatic hydroxyl groups excluding tert-OH is 1. The van der Waals surface area contributed by atoms with E-state index in [0.29, 0.717) is 17.3 Å². The van der Waals surface area contributed by atoms with Gasteiger partial charge >= 0.3 is 0 Å². The molecule has 1 fully saturated rings. The predicted molar refractivity (Wildman–Crippen MR) is 113 cm³/mol. The van der Waals surface area contributed by atoms with Crippen molar-refractivity contribution in [2.45, 2.75) is 19.8 Å². The standard InChI is InChI=1S/C18H22N8O.CH4O/c1-11-7-12(8-16(22-11)25-5-3-4-6-25)23-14-9-15(20-2)26-18(24-14)13(10-21-26)17(19)27;1-2/h7-10,20H,3-6H2,1-2H3,(H2,19,27)(H,22,23,24);2H,1H3. The second kappa shape index (κ2) is 8.74. The zero-order valence-electron chi connectivity index (χ0n) is 16.8. The third kappa shape index (κ3) is 4.21. The van der Waals surface area contributed by atoms with Crippen molar-refractivity contribution in [1.29, 1.82) is 0 Å². The number of carbonyl (C=O) groups is 1. The van der Waals surface area contributed by atoms with Gasteiger partial charge in [0.15, 0.2) is 5.65 Å². The molecule has 154 valence electrons. The van der Waals surface area contributed by atoms with Crippen LogP contribution in [0.2, 0.25) is 0 Å². The molecule has 3 aromatic heterocycles. The highest BCUT2D eigenvalue weighted by atomic mass is 16.2. The van der Waals surface area contributed by atoms with Gasteiger partial charge in [0.05, 0.1) is 6.20 Å². The second-order valence-corrected chi connectivity index (χ2v) is 6.61. The number of fused-ring (bicyclic) bond motifs is 1. The summed E-state index contributed by atoms with van der Waals surface area (Å²) >= 11 is 0. The highest BCUT2D eigenvalue weighted by molar-refractivity contribution is 5.99. The van der Waals surface area contributed by atoms with Crippen LogP contribution in [0.25, 0.3) is 5.65 Å². The number of amides is 1. The maximum Gasteiger partial charge on any atom is 0.254 e. The molecule has 10 nitrogen and oxygen atoms in total. The molecule has 29 heavy (non-hydrogen) atoms. The number of hydrogen-bond donors (Lipinski definition) is 4. The number of hydrogen-bond acceptors (Lipinski definition) is 8.